The summed E-state index contributed by atoms with van der Waals surface area (Å²) < 4.78 is 18.4. The Kier molecular flexibility index (Phi) is 3.89. The van der Waals surface area contributed by atoms with Gasteiger partial charge in [0.15, 0.2) is 0 Å². The van der Waals surface area contributed by atoms with Gasteiger partial charge >= 0.3 is 0 Å². The number of aliphatic hydroxyl groups is 1. The number of aliphatic hydroxyl groups excluding tert-OH is 1. The number of halogens is 1. The van der Waals surface area contributed by atoms with E-state index in [0.29, 0.717) is 17.1 Å². The van der Waals surface area contributed by atoms with Crippen LogP contribution in [0.5, 0.6) is 5.88 Å². The number of pyridine rings is 1. The molecule has 18 heavy (non-hydrogen) atoms. The molecule has 0 bridgehead atoms. The molecule has 0 fully saturated rings. The third kappa shape index (κ3) is 2.84. The van der Waals surface area contributed by atoms with E-state index in [9.17, 15) is 9.50 Å². The lowest BCUT2D eigenvalue weighted by Crippen LogP contribution is -2.06. The Balaban J connectivity index is 2.16. The molecular formula is C14H14FNO2. The van der Waals surface area contributed by atoms with Gasteiger partial charge in [0.25, 0.3) is 0 Å². The van der Waals surface area contributed by atoms with E-state index in [4.69, 9.17) is 4.74 Å². The van der Waals surface area contributed by atoms with Crippen LogP contribution in [0.25, 0.3) is 0 Å². The number of aromatic nitrogens is 1. The predicted molar refractivity (Wildman–Crippen MR) is 65.9 cm³/mol. The Labute approximate surface area is 105 Å². The Hall–Kier alpha value is -1.94. The van der Waals surface area contributed by atoms with E-state index in [2.05, 4.69) is 4.98 Å². The summed E-state index contributed by atoms with van der Waals surface area (Å²) in [6, 6.07) is 11.5. The maximum absolute atomic E-state index is 13.5. The molecule has 3 nitrogen and oxygen atoms in total. The predicted octanol–water partition coefficient (Wildman–Crippen LogP) is 2.51. The molecule has 0 amide bonds. The Morgan fingerprint density at radius 3 is 2.72 bits per heavy atom. The largest absolute Gasteiger partial charge is 0.481 e. The average Bonchev–Trinajstić information content (AvgIpc) is 2.41. The molecule has 0 radical (unpaired) electrons. The average molecular weight is 247 g/mol. The summed E-state index contributed by atoms with van der Waals surface area (Å²) >= 11 is 0. The van der Waals surface area contributed by atoms with E-state index in [1.807, 2.05) is 0 Å². The molecule has 2 rings (SSSR count). The van der Waals surface area contributed by atoms with Crippen LogP contribution in [0.15, 0.2) is 42.5 Å². The van der Waals surface area contributed by atoms with Crippen molar-refractivity contribution in [2.24, 2.45) is 0 Å². The minimum Gasteiger partial charge on any atom is -0.481 e. The molecule has 1 aromatic heterocycles. The molecule has 1 unspecified atom stereocenters. The van der Waals surface area contributed by atoms with Crippen LogP contribution >= 0.6 is 0 Å². The first-order chi connectivity index (χ1) is 8.70. The second-order valence-electron chi connectivity index (χ2n) is 3.92. The van der Waals surface area contributed by atoms with Crippen LogP contribution in [0, 0.1) is 5.82 Å². The first kappa shape index (κ1) is 12.5. The van der Waals surface area contributed by atoms with Crippen molar-refractivity contribution in [3.63, 3.8) is 0 Å². The minimum atomic E-state index is -0.850. The summed E-state index contributed by atoms with van der Waals surface area (Å²) in [5, 5.41) is 10.0. The normalized spacial score (nSPS) is 12.2. The van der Waals surface area contributed by atoms with E-state index in [0.717, 1.165) is 0 Å². The second kappa shape index (κ2) is 5.60. The van der Waals surface area contributed by atoms with Gasteiger partial charge in [0.1, 0.15) is 11.9 Å². The summed E-state index contributed by atoms with van der Waals surface area (Å²) in [6.07, 6.45) is -0.663. The molecule has 0 aliphatic heterocycles. The van der Waals surface area contributed by atoms with Crippen LogP contribution < -0.4 is 4.74 Å². The quantitative estimate of drug-likeness (QED) is 0.902. The topological polar surface area (TPSA) is 42.4 Å². The van der Waals surface area contributed by atoms with Crippen molar-refractivity contribution in [1.82, 2.24) is 4.98 Å². The number of hydrogen-bond acceptors (Lipinski definition) is 3. The molecule has 4 heteroatoms. The number of ether oxygens (including phenoxy) is 1. The van der Waals surface area contributed by atoms with Gasteiger partial charge in [-0.05, 0) is 17.7 Å². The van der Waals surface area contributed by atoms with E-state index in [1.54, 1.807) is 36.4 Å². The van der Waals surface area contributed by atoms with Crippen molar-refractivity contribution in [2.45, 2.75) is 12.5 Å². The first-order valence-corrected chi connectivity index (χ1v) is 5.63. The van der Waals surface area contributed by atoms with Crippen LogP contribution in [-0.2, 0) is 6.42 Å². The fraction of sp³-hybridized carbons (Fsp3) is 0.214. The number of nitrogens with zero attached hydrogens (tertiary/aromatic N) is 1. The first-order valence-electron chi connectivity index (χ1n) is 5.63. The molecule has 1 heterocycles. The third-order valence-electron chi connectivity index (χ3n) is 2.67. The van der Waals surface area contributed by atoms with Crippen LogP contribution in [0.3, 0.4) is 0 Å². The fourth-order valence-electron chi connectivity index (χ4n) is 1.71. The molecule has 1 aromatic carbocycles. The van der Waals surface area contributed by atoms with E-state index < -0.39 is 6.10 Å². The van der Waals surface area contributed by atoms with E-state index in [-0.39, 0.29) is 12.2 Å². The molecule has 2 aromatic rings. The molecule has 0 saturated carbocycles. The standard InChI is InChI=1S/C14H14FNO2/c1-18-14-8-4-7-12(16-14)13(17)9-10-5-2-3-6-11(10)15/h2-8,13,17H,9H2,1H3. The van der Waals surface area contributed by atoms with Crippen molar-refractivity contribution in [3.05, 3.63) is 59.5 Å². The molecule has 1 atom stereocenters. The SMILES string of the molecule is COc1cccc(C(O)Cc2ccccc2F)n1. The smallest absolute Gasteiger partial charge is 0.213 e. The van der Waals surface area contributed by atoms with Crippen molar-refractivity contribution in [2.75, 3.05) is 7.11 Å². The molecule has 94 valence electrons. The number of hydrogen-bond donors (Lipinski definition) is 1. The highest BCUT2D eigenvalue weighted by molar-refractivity contribution is 5.22. The lowest BCUT2D eigenvalue weighted by molar-refractivity contribution is 0.171. The van der Waals surface area contributed by atoms with E-state index >= 15 is 0 Å². The number of rotatable bonds is 4. The fourth-order valence-corrected chi connectivity index (χ4v) is 1.71. The molecule has 0 aliphatic carbocycles. The Morgan fingerprint density at radius 1 is 1.22 bits per heavy atom. The second-order valence-corrected chi connectivity index (χ2v) is 3.92. The van der Waals surface area contributed by atoms with Crippen LogP contribution in [0.2, 0.25) is 0 Å². The van der Waals surface area contributed by atoms with Gasteiger partial charge in [0.05, 0.1) is 12.8 Å². The number of benzene rings is 1. The molecule has 0 saturated heterocycles. The van der Waals surface area contributed by atoms with Crippen molar-refractivity contribution >= 4 is 0 Å². The van der Waals surface area contributed by atoms with Crippen LogP contribution in [-0.4, -0.2) is 17.2 Å². The third-order valence-corrected chi connectivity index (χ3v) is 2.67. The van der Waals surface area contributed by atoms with Gasteiger partial charge in [-0.1, -0.05) is 24.3 Å². The molecular weight excluding hydrogens is 233 g/mol. The lowest BCUT2D eigenvalue weighted by Gasteiger charge is -2.11. The highest BCUT2D eigenvalue weighted by Gasteiger charge is 2.13. The summed E-state index contributed by atoms with van der Waals surface area (Å²) in [4.78, 5) is 4.12. The van der Waals surface area contributed by atoms with Crippen molar-refractivity contribution < 1.29 is 14.2 Å². The minimum absolute atomic E-state index is 0.187. The van der Waals surface area contributed by atoms with Crippen molar-refractivity contribution in [1.29, 1.82) is 0 Å². The highest BCUT2D eigenvalue weighted by atomic mass is 19.1. The Bertz CT molecular complexity index is 531. The lowest BCUT2D eigenvalue weighted by atomic mass is 10.0. The molecule has 0 aliphatic rings. The van der Waals surface area contributed by atoms with E-state index in [1.165, 1.54) is 13.2 Å². The van der Waals surface area contributed by atoms with Crippen LogP contribution in [0.1, 0.15) is 17.4 Å². The maximum Gasteiger partial charge on any atom is 0.213 e. The van der Waals surface area contributed by atoms with Crippen molar-refractivity contribution in [3.8, 4) is 5.88 Å². The zero-order valence-electron chi connectivity index (χ0n) is 10.0. The number of methoxy groups -OCH3 is 1. The summed E-state index contributed by atoms with van der Waals surface area (Å²) in [5.74, 6) is 0.111. The monoisotopic (exact) mass is 247 g/mol. The van der Waals surface area contributed by atoms with Gasteiger partial charge in [-0.25, -0.2) is 9.37 Å². The van der Waals surface area contributed by atoms with Gasteiger partial charge in [0, 0.05) is 12.5 Å². The Morgan fingerprint density at radius 2 is 2.00 bits per heavy atom. The van der Waals surface area contributed by atoms with Gasteiger partial charge in [-0.3, -0.25) is 0 Å². The van der Waals surface area contributed by atoms with Gasteiger partial charge in [0.2, 0.25) is 5.88 Å². The summed E-state index contributed by atoms with van der Waals surface area (Å²) in [7, 11) is 1.51. The molecule has 1 N–H and O–H groups in total. The summed E-state index contributed by atoms with van der Waals surface area (Å²) in [6.45, 7) is 0. The molecule has 0 spiro atoms. The summed E-state index contributed by atoms with van der Waals surface area (Å²) in [5.41, 5.74) is 0.937. The van der Waals surface area contributed by atoms with Crippen LogP contribution in [0.4, 0.5) is 4.39 Å². The van der Waals surface area contributed by atoms with Gasteiger partial charge in [-0.15, -0.1) is 0 Å². The van der Waals surface area contributed by atoms with Gasteiger partial charge < -0.3 is 9.84 Å². The maximum atomic E-state index is 13.5. The zero-order chi connectivity index (χ0) is 13.0. The van der Waals surface area contributed by atoms with Gasteiger partial charge in [-0.2, -0.15) is 0 Å². The zero-order valence-corrected chi connectivity index (χ0v) is 10.0. The highest BCUT2D eigenvalue weighted by Crippen LogP contribution is 2.20.